The number of ether oxygens (including phenoxy) is 1. The fourth-order valence-corrected chi connectivity index (χ4v) is 2.60. The predicted molar refractivity (Wildman–Crippen MR) is 76.1 cm³/mol. The van der Waals surface area contributed by atoms with E-state index in [1.54, 1.807) is 11.3 Å². The van der Waals surface area contributed by atoms with E-state index in [4.69, 9.17) is 4.74 Å². The van der Waals surface area contributed by atoms with Crippen molar-refractivity contribution in [3.8, 4) is 0 Å². The van der Waals surface area contributed by atoms with Gasteiger partial charge >= 0.3 is 5.97 Å². The van der Waals surface area contributed by atoms with E-state index >= 15 is 0 Å². The normalized spacial score (nSPS) is 10.4. The van der Waals surface area contributed by atoms with Crippen LogP contribution in [0.5, 0.6) is 0 Å². The Balaban J connectivity index is 1.79. The van der Waals surface area contributed by atoms with Gasteiger partial charge < -0.3 is 4.74 Å². The molecule has 19 heavy (non-hydrogen) atoms. The topological polar surface area (TPSA) is 39.2 Å². The predicted octanol–water partition coefficient (Wildman–Crippen LogP) is 3.38. The quantitative estimate of drug-likeness (QED) is 0.759. The van der Waals surface area contributed by atoms with Crippen LogP contribution in [-0.2, 0) is 29.0 Å². The van der Waals surface area contributed by atoms with Crippen LogP contribution in [0.25, 0.3) is 0 Å². The van der Waals surface area contributed by atoms with E-state index < -0.39 is 0 Å². The monoisotopic (exact) mass is 275 g/mol. The average molecular weight is 275 g/mol. The van der Waals surface area contributed by atoms with E-state index in [9.17, 15) is 4.79 Å². The number of carbonyl (C=O) groups is 1. The zero-order valence-corrected chi connectivity index (χ0v) is 11.8. The van der Waals surface area contributed by atoms with Gasteiger partial charge in [0.15, 0.2) is 0 Å². The summed E-state index contributed by atoms with van der Waals surface area (Å²) < 4.78 is 5.23. The molecule has 0 atom stereocenters. The number of hydrogen-bond acceptors (Lipinski definition) is 4. The van der Waals surface area contributed by atoms with Crippen molar-refractivity contribution in [1.82, 2.24) is 4.98 Å². The molecular weight excluding hydrogens is 258 g/mol. The molecule has 0 unspecified atom stereocenters. The van der Waals surface area contributed by atoms with Crippen molar-refractivity contribution in [3.63, 3.8) is 0 Å². The second-order valence-corrected chi connectivity index (χ2v) is 5.25. The lowest BCUT2D eigenvalue weighted by molar-refractivity contribution is -0.144. The smallest absolute Gasteiger partial charge is 0.310 e. The summed E-state index contributed by atoms with van der Waals surface area (Å²) in [5, 5.41) is 3.07. The minimum Gasteiger partial charge on any atom is -0.459 e. The number of benzene rings is 1. The van der Waals surface area contributed by atoms with Gasteiger partial charge in [0.1, 0.15) is 6.61 Å². The molecule has 1 aromatic heterocycles. The summed E-state index contributed by atoms with van der Waals surface area (Å²) in [6.07, 6.45) is 2.39. The van der Waals surface area contributed by atoms with Crippen molar-refractivity contribution in [2.75, 3.05) is 0 Å². The number of hydrogen-bond donors (Lipinski definition) is 0. The van der Waals surface area contributed by atoms with Crippen LogP contribution in [0.15, 0.2) is 35.7 Å². The van der Waals surface area contributed by atoms with Crippen LogP contribution in [0.1, 0.15) is 29.6 Å². The van der Waals surface area contributed by atoms with Crippen LogP contribution < -0.4 is 0 Å². The minimum atomic E-state index is -0.212. The lowest BCUT2D eigenvalue weighted by Crippen LogP contribution is -2.08. The highest BCUT2D eigenvalue weighted by Crippen LogP contribution is 2.12. The Morgan fingerprint density at radius 1 is 1.32 bits per heavy atom. The standard InChI is InChI=1S/C15H17NO2S/c1-2-6-14-16-13(11-19-14)10-18-15(17)9-12-7-4-3-5-8-12/h3-5,7-8,11H,2,6,9-10H2,1H3. The first-order valence-corrected chi connectivity index (χ1v) is 7.28. The molecule has 0 radical (unpaired) electrons. The first-order chi connectivity index (χ1) is 9.28. The molecule has 0 amide bonds. The summed E-state index contributed by atoms with van der Waals surface area (Å²) in [4.78, 5) is 16.1. The largest absolute Gasteiger partial charge is 0.459 e. The molecule has 4 heteroatoms. The summed E-state index contributed by atoms with van der Waals surface area (Å²) in [6.45, 7) is 2.40. The first-order valence-electron chi connectivity index (χ1n) is 6.40. The molecule has 100 valence electrons. The third-order valence-electron chi connectivity index (χ3n) is 2.64. The second-order valence-electron chi connectivity index (χ2n) is 4.31. The fourth-order valence-electron chi connectivity index (χ4n) is 1.71. The summed E-state index contributed by atoms with van der Waals surface area (Å²) in [5.74, 6) is -0.212. The molecule has 0 spiro atoms. The number of nitrogens with zero attached hydrogens (tertiary/aromatic N) is 1. The van der Waals surface area contributed by atoms with Crippen LogP contribution in [-0.4, -0.2) is 11.0 Å². The molecule has 1 heterocycles. The molecule has 1 aromatic carbocycles. The lowest BCUT2D eigenvalue weighted by atomic mass is 10.2. The Morgan fingerprint density at radius 3 is 2.84 bits per heavy atom. The van der Waals surface area contributed by atoms with Crippen LogP contribution in [0, 0.1) is 0 Å². The average Bonchev–Trinajstić information content (AvgIpc) is 2.86. The summed E-state index contributed by atoms with van der Waals surface area (Å²) in [7, 11) is 0. The van der Waals surface area contributed by atoms with Crippen molar-refractivity contribution in [3.05, 3.63) is 52.0 Å². The number of carbonyl (C=O) groups excluding carboxylic acids is 1. The highest BCUT2D eigenvalue weighted by molar-refractivity contribution is 7.09. The maximum absolute atomic E-state index is 11.7. The molecule has 2 aromatic rings. The number of aromatic nitrogens is 1. The van der Waals surface area contributed by atoms with Gasteiger partial charge in [-0.05, 0) is 18.4 Å². The van der Waals surface area contributed by atoms with Gasteiger partial charge in [0.2, 0.25) is 0 Å². The fraction of sp³-hybridized carbons (Fsp3) is 0.333. The maximum Gasteiger partial charge on any atom is 0.310 e. The van der Waals surface area contributed by atoms with Crippen LogP contribution in [0.3, 0.4) is 0 Å². The maximum atomic E-state index is 11.7. The summed E-state index contributed by atoms with van der Waals surface area (Å²) in [5.41, 5.74) is 1.81. The van der Waals surface area contributed by atoms with Crippen LogP contribution in [0.2, 0.25) is 0 Å². The first kappa shape index (κ1) is 13.7. The van der Waals surface area contributed by atoms with E-state index in [0.29, 0.717) is 6.42 Å². The molecule has 0 fully saturated rings. The van der Waals surface area contributed by atoms with Gasteiger partial charge in [-0.25, -0.2) is 4.98 Å². The van der Waals surface area contributed by atoms with E-state index in [0.717, 1.165) is 29.1 Å². The Labute approximate surface area is 117 Å². The molecule has 2 rings (SSSR count). The number of esters is 1. The minimum absolute atomic E-state index is 0.212. The second kappa shape index (κ2) is 7.04. The summed E-state index contributed by atoms with van der Waals surface area (Å²) >= 11 is 1.63. The van der Waals surface area contributed by atoms with Gasteiger partial charge in [-0.15, -0.1) is 11.3 Å². The molecule has 0 aliphatic carbocycles. The van der Waals surface area contributed by atoms with Crippen molar-refractivity contribution in [2.45, 2.75) is 32.8 Å². The van der Waals surface area contributed by atoms with Gasteiger partial charge in [-0.2, -0.15) is 0 Å². The number of aryl methyl sites for hydroxylation is 1. The zero-order chi connectivity index (χ0) is 13.5. The van der Waals surface area contributed by atoms with Gasteiger partial charge in [-0.1, -0.05) is 37.3 Å². The number of thiazole rings is 1. The van der Waals surface area contributed by atoms with Crippen LogP contribution in [0.4, 0.5) is 0 Å². The third-order valence-corrected chi connectivity index (χ3v) is 3.59. The van der Waals surface area contributed by atoms with E-state index in [-0.39, 0.29) is 12.6 Å². The molecule has 0 bridgehead atoms. The third kappa shape index (κ3) is 4.48. The molecule has 0 N–H and O–H groups in total. The lowest BCUT2D eigenvalue weighted by Gasteiger charge is -2.02. The van der Waals surface area contributed by atoms with E-state index in [2.05, 4.69) is 11.9 Å². The van der Waals surface area contributed by atoms with E-state index in [1.807, 2.05) is 35.7 Å². The summed E-state index contributed by atoms with van der Waals surface area (Å²) in [6, 6.07) is 9.60. The molecule has 0 aliphatic rings. The highest BCUT2D eigenvalue weighted by atomic mass is 32.1. The Kier molecular flexibility index (Phi) is 5.10. The van der Waals surface area contributed by atoms with Crippen molar-refractivity contribution >= 4 is 17.3 Å². The van der Waals surface area contributed by atoms with Crippen LogP contribution >= 0.6 is 11.3 Å². The molecule has 0 saturated carbocycles. The van der Waals surface area contributed by atoms with Crippen molar-refractivity contribution in [1.29, 1.82) is 0 Å². The highest BCUT2D eigenvalue weighted by Gasteiger charge is 2.07. The van der Waals surface area contributed by atoms with Gasteiger partial charge in [0, 0.05) is 5.38 Å². The molecule has 0 saturated heterocycles. The Morgan fingerprint density at radius 2 is 2.11 bits per heavy atom. The molecular formula is C15H17NO2S. The zero-order valence-electron chi connectivity index (χ0n) is 11.0. The Bertz CT molecular complexity index is 522. The van der Waals surface area contributed by atoms with E-state index in [1.165, 1.54) is 0 Å². The van der Waals surface area contributed by atoms with Gasteiger partial charge in [-0.3, -0.25) is 4.79 Å². The number of rotatable bonds is 6. The molecule has 3 nitrogen and oxygen atoms in total. The van der Waals surface area contributed by atoms with Gasteiger partial charge in [0.05, 0.1) is 17.1 Å². The van der Waals surface area contributed by atoms with Crippen molar-refractivity contribution < 1.29 is 9.53 Å². The Hall–Kier alpha value is -1.68. The van der Waals surface area contributed by atoms with Crippen molar-refractivity contribution in [2.24, 2.45) is 0 Å². The van der Waals surface area contributed by atoms with Gasteiger partial charge in [0.25, 0.3) is 0 Å². The molecule has 0 aliphatic heterocycles. The SMILES string of the molecule is CCCc1nc(COC(=O)Cc2ccccc2)cs1.